The highest BCUT2D eigenvalue weighted by Crippen LogP contribution is 2.19. The van der Waals surface area contributed by atoms with Gasteiger partial charge in [0.1, 0.15) is 5.69 Å². The van der Waals surface area contributed by atoms with Gasteiger partial charge in [-0.15, -0.1) is 0 Å². The second-order valence-corrected chi connectivity index (χ2v) is 5.37. The average molecular weight is 263 g/mol. The Morgan fingerprint density at radius 2 is 2.16 bits per heavy atom. The van der Waals surface area contributed by atoms with Crippen molar-refractivity contribution in [2.24, 2.45) is 0 Å². The molecule has 2 fully saturated rings. The van der Waals surface area contributed by atoms with E-state index in [0.29, 0.717) is 18.3 Å². The molecular weight excluding hydrogens is 242 g/mol. The number of carbonyl (C=O) groups excluding carboxylic acids is 1. The number of likely N-dealkylation sites (tertiary alicyclic amines) is 1. The molecular formula is C14H21N3O2. The fourth-order valence-electron chi connectivity index (χ4n) is 3.01. The Bertz CT molecular complexity index is 412. The van der Waals surface area contributed by atoms with Gasteiger partial charge in [-0.05, 0) is 38.1 Å². The number of rotatable bonds is 3. The van der Waals surface area contributed by atoms with Gasteiger partial charge in [0.25, 0.3) is 5.91 Å². The smallest absolute Gasteiger partial charge is 0.268 e. The zero-order chi connectivity index (χ0) is 13.1. The molecule has 0 aliphatic carbocycles. The minimum absolute atomic E-state index is 0.0393. The number of hydrogen-bond acceptors (Lipinski definition) is 3. The lowest BCUT2D eigenvalue weighted by Gasteiger charge is -2.34. The zero-order valence-electron chi connectivity index (χ0n) is 11.1. The molecule has 1 amide bonds. The first kappa shape index (κ1) is 12.7. The summed E-state index contributed by atoms with van der Waals surface area (Å²) in [4.78, 5) is 17.5. The highest BCUT2D eigenvalue weighted by atomic mass is 16.5. The maximum absolute atomic E-state index is 12.1. The van der Waals surface area contributed by atoms with E-state index in [4.69, 9.17) is 4.74 Å². The zero-order valence-corrected chi connectivity index (χ0v) is 11.1. The van der Waals surface area contributed by atoms with E-state index in [1.165, 1.54) is 19.3 Å². The minimum Gasteiger partial charge on any atom is -0.378 e. The van der Waals surface area contributed by atoms with E-state index < -0.39 is 0 Å². The maximum Gasteiger partial charge on any atom is 0.268 e. The lowest BCUT2D eigenvalue weighted by Crippen LogP contribution is -2.52. The largest absolute Gasteiger partial charge is 0.378 e. The van der Waals surface area contributed by atoms with Crippen LogP contribution in [0.15, 0.2) is 18.3 Å². The van der Waals surface area contributed by atoms with Crippen molar-refractivity contribution in [2.75, 3.05) is 26.3 Å². The van der Waals surface area contributed by atoms with E-state index in [1.807, 2.05) is 6.07 Å². The molecule has 3 rings (SSSR count). The summed E-state index contributed by atoms with van der Waals surface area (Å²) in [5.41, 5.74) is 0.615. The molecule has 1 aromatic heterocycles. The molecule has 19 heavy (non-hydrogen) atoms. The van der Waals surface area contributed by atoms with E-state index in [0.717, 1.165) is 19.7 Å². The van der Waals surface area contributed by atoms with Crippen LogP contribution < -0.4 is 5.32 Å². The monoisotopic (exact) mass is 263 g/mol. The highest BCUT2D eigenvalue weighted by Gasteiger charge is 2.34. The third kappa shape index (κ3) is 2.82. The lowest BCUT2D eigenvalue weighted by atomic mass is 10.0. The Balaban J connectivity index is 1.61. The topological polar surface area (TPSA) is 57.4 Å². The highest BCUT2D eigenvalue weighted by molar-refractivity contribution is 5.92. The van der Waals surface area contributed by atoms with Crippen LogP contribution in [0.4, 0.5) is 0 Å². The number of nitrogens with zero attached hydrogens (tertiary/aromatic N) is 1. The van der Waals surface area contributed by atoms with Crippen molar-refractivity contribution in [3.63, 3.8) is 0 Å². The second-order valence-electron chi connectivity index (χ2n) is 5.37. The molecule has 0 aromatic carbocycles. The van der Waals surface area contributed by atoms with Gasteiger partial charge >= 0.3 is 0 Å². The second kappa shape index (κ2) is 5.75. The summed E-state index contributed by atoms with van der Waals surface area (Å²) in [5, 5.41) is 3.09. The Kier molecular flexibility index (Phi) is 3.84. The van der Waals surface area contributed by atoms with E-state index in [-0.39, 0.29) is 11.9 Å². The van der Waals surface area contributed by atoms with E-state index >= 15 is 0 Å². The van der Waals surface area contributed by atoms with Crippen LogP contribution in [-0.4, -0.2) is 54.2 Å². The number of carbonyl (C=O) groups is 1. The van der Waals surface area contributed by atoms with E-state index in [2.05, 4.69) is 15.2 Å². The van der Waals surface area contributed by atoms with Crippen molar-refractivity contribution in [3.05, 3.63) is 24.0 Å². The fourth-order valence-corrected chi connectivity index (χ4v) is 3.01. The molecule has 104 valence electrons. The molecule has 2 N–H and O–H groups in total. The first-order chi connectivity index (χ1) is 9.34. The molecule has 3 heterocycles. The molecule has 2 saturated heterocycles. The van der Waals surface area contributed by atoms with Gasteiger partial charge in [-0.1, -0.05) is 6.42 Å². The number of aromatic nitrogens is 1. The van der Waals surface area contributed by atoms with E-state index in [9.17, 15) is 4.79 Å². The summed E-state index contributed by atoms with van der Waals surface area (Å²) in [6.07, 6.45) is 5.60. The number of hydrogen-bond donors (Lipinski definition) is 2. The summed E-state index contributed by atoms with van der Waals surface area (Å²) in [5.74, 6) is -0.0393. The van der Waals surface area contributed by atoms with Gasteiger partial charge in [-0.3, -0.25) is 9.69 Å². The summed E-state index contributed by atoms with van der Waals surface area (Å²) in [7, 11) is 0. The number of amides is 1. The van der Waals surface area contributed by atoms with Crippen LogP contribution >= 0.6 is 0 Å². The van der Waals surface area contributed by atoms with Crippen molar-refractivity contribution < 1.29 is 9.53 Å². The summed E-state index contributed by atoms with van der Waals surface area (Å²) < 4.78 is 5.57. The van der Waals surface area contributed by atoms with Gasteiger partial charge < -0.3 is 15.0 Å². The Hall–Kier alpha value is -1.33. The standard InChI is InChI=1S/C14H21N3O2/c18-14(11-5-4-6-15-11)16-12-9-19-10-13(12)17-7-2-1-3-8-17/h4-6,12-13,15H,1-3,7-10H2,(H,16,18)/t12-,13-/m0/s1. The first-order valence-corrected chi connectivity index (χ1v) is 7.10. The van der Waals surface area contributed by atoms with Crippen LogP contribution in [0.3, 0.4) is 0 Å². The molecule has 5 nitrogen and oxygen atoms in total. The molecule has 2 aliphatic rings. The van der Waals surface area contributed by atoms with Gasteiger partial charge in [0.05, 0.1) is 25.3 Å². The van der Waals surface area contributed by atoms with Crippen molar-refractivity contribution in [3.8, 4) is 0 Å². The van der Waals surface area contributed by atoms with E-state index in [1.54, 1.807) is 12.3 Å². The summed E-state index contributed by atoms with van der Waals surface area (Å²) in [6, 6.07) is 4.07. The predicted molar refractivity (Wildman–Crippen MR) is 72.1 cm³/mol. The van der Waals surface area contributed by atoms with Gasteiger partial charge in [0.15, 0.2) is 0 Å². The predicted octanol–water partition coefficient (Wildman–Crippen LogP) is 0.998. The molecule has 0 saturated carbocycles. The molecule has 0 spiro atoms. The maximum atomic E-state index is 12.1. The normalized spacial score (nSPS) is 28.4. The minimum atomic E-state index is -0.0393. The van der Waals surface area contributed by atoms with Crippen LogP contribution in [0.5, 0.6) is 0 Å². The number of aromatic amines is 1. The Morgan fingerprint density at radius 3 is 2.89 bits per heavy atom. The fraction of sp³-hybridized carbons (Fsp3) is 0.643. The first-order valence-electron chi connectivity index (χ1n) is 7.10. The average Bonchev–Trinajstić information content (AvgIpc) is 3.11. The summed E-state index contributed by atoms with van der Waals surface area (Å²) >= 11 is 0. The quantitative estimate of drug-likeness (QED) is 0.855. The number of H-pyrrole nitrogens is 1. The van der Waals surface area contributed by atoms with Crippen molar-refractivity contribution in [1.29, 1.82) is 0 Å². The van der Waals surface area contributed by atoms with Crippen LogP contribution in [0.1, 0.15) is 29.8 Å². The molecule has 0 bridgehead atoms. The molecule has 2 aliphatic heterocycles. The van der Waals surface area contributed by atoms with Crippen LogP contribution in [-0.2, 0) is 4.74 Å². The SMILES string of the molecule is O=C(N[C@H]1COC[C@@H]1N1CCCCC1)c1ccc[nH]1. The Morgan fingerprint density at radius 1 is 1.32 bits per heavy atom. The van der Waals surface area contributed by atoms with Crippen LogP contribution in [0.2, 0.25) is 0 Å². The van der Waals surface area contributed by atoms with Crippen molar-refractivity contribution in [1.82, 2.24) is 15.2 Å². The molecule has 0 radical (unpaired) electrons. The molecule has 5 heteroatoms. The van der Waals surface area contributed by atoms with Crippen molar-refractivity contribution in [2.45, 2.75) is 31.3 Å². The molecule has 1 aromatic rings. The lowest BCUT2D eigenvalue weighted by molar-refractivity contribution is 0.0895. The van der Waals surface area contributed by atoms with Gasteiger partial charge in [-0.25, -0.2) is 0 Å². The Labute approximate surface area is 113 Å². The van der Waals surface area contributed by atoms with Crippen LogP contribution in [0, 0.1) is 0 Å². The summed E-state index contributed by atoms with van der Waals surface area (Å²) in [6.45, 7) is 3.61. The van der Waals surface area contributed by atoms with Gasteiger partial charge in [-0.2, -0.15) is 0 Å². The molecule has 2 atom stereocenters. The van der Waals surface area contributed by atoms with Crippen LogP contribution in [0.25, 0.3) is 0 Å². The number of ether oxygens (including phenoxy) is 1. The van der Waals surface area contributed by atoms with Crippen molar-refractivity contribution >= 4 is 5.91 Å². The molecule has 0 unspecified atom stereocenters. The third-order valence-electron chi connectivity index (χ3n) is 4.07. The number of piperidine rings is 1. The van der Waals surface area contributed by atoms with Gasteiger partial charge in [0.2, 0.25) is 0 Å². The number of nitrogens with one attached hydrogen (secondary N) is 2. The van der Waals surface area contributed by atoms with Gasteiger partial charge in [0, 0.05) is 6.20 Å². The third-order valence-corrected chi connectivity index (χ3v) is 4.07.